The Labute approximate surface area is 103 Å². The SMILES string of the molecule is COc1nc(C(F)F)cc(C(=O)Cl)c1I. The second-order valence-corrected chi connectivity index (χ2v) is 3.91. The van der Waals surface area contributed by atoms with Crippen LogP contribution >= 0.6 is 34.2 Å². The smallest absolute Gasteiger partial charge is 0.280 e. The molecular formula is C8H5ClF2INO2. The Kier molecular flexibility index (Phi) is 4.21. The molecule has 0 spiro atoms. The summed E-state index contributed by atoms with van der Waals surface area (Å²) in [5.74, 6) is -0.0302. The van der Waals surface area contributed by atoms with Crippen LogP contribution in [0.1, 0.15) is 22.5 Å². The van der Waals surface area contributed by atoms with Gasteiger partial charge in [0.25, 0.3) is 11.7 Å². The van der Waals surface area contributed by atoms with Crippen molar-refractivity contribution in [3.05, 3.63) is 20.9 Å². The van der Waals surface area contributed by atoms with E-state index in [1.54, 1.807) is 22.6 Å². The van der Waals surface area contributed by atoms with Gasteiger partial charge in [-0.3, -0.25) is 4.79 Å². The average Bonchev–Trinajstić information content (AvgIpc) is 2.17. The largest absolute Gasteiger partial charge is 0.480 e. The van der Waals surface area contributed by atoms with Crippen LogP contribution in [-0.4, -0.2) is 17.3 Å². The highest BCUT2D eigenvalue weighted by Gasteiger charge is 2.19. The Morgan fingerprint density at radius 2 is 2.27 bits per heavy atom. The Hall–Kier alpha value is -0.500. The lowest BCUT2D eigenvalue weighted by molar-refractivity contribution is 0.107. The highest BCUT2D eigenvalue weighted by molar-refractivity contribution is 14.1. The Bertz CT molecular complexity index is 400. The predicted octanol–water partition coefficient (Wildman–Crippen LogP) is 3.01. The minimum absolute atomic E-state index is 0.0283. The molecule has 0 aromatic carbocycles. The Balaban J connectivity index is 3.38. The van der Waals surface area contributed by atoms with E-state index in [4.69, 9.17) is 16.3 Å². The summed E-state index contributed by atoms with van der Waals surface area (Å²) in [5, 5.41) is -0.818. The highest BCUT2D eigenvalue weighted by Crippen LogP contribution is 2.28. The fourth-order valence-corrected chi connectivity index (χ4v) is 1.97. The van der Waals surface area contributed by atoms with Crippen LogP contribution in [0.4, 0.5) is 8.78 Å². The maximum absolute atomic E-state index is 12.4. The summed E-state index contributed by atoms with van der Waals surface area (Å²) in [4.78, 5) is 14.5. The summed E-state index contributed by atoms with van der Waals surface area (Å²) in [7, 11) is 1.28. The number of methoxy groups -OCH3 is 1. The standard InChI is InChI=1S/C8H5ClF2INO2/c1-15-8-5(12)3(6(9)14)2-4(13-8)7(10)11/h2,7H,1H3. The van der Waals surface area contributed by atoms with Gasteiger partial charge in [-0.1, -0.05) is 0 Å². The van der Waals surface area contributed by atoms with Crippen molar-refractivity contribution in [2.45, 2.75) is 6.43 Å². The molecule has 0 unspecified atom stereocenters. The van der Waals surface area contributed by atoms with Gasteiger partial charge in [0.2, 0.25) is 5.88 Å². The van der Waals surface area contributed by atoms with Gasteiger partial charge in [-0.15, -0.1) is 0 Å². The van der Waals surface area contributed by atoms with Crippen molar-refractivity contribution in [3.63, 3.8) is 0 Å². The second-order valence-electron chi connectivity index (χ2n) is 2.49. The van der Waals surface area contributed by atoms with Crippen molar-refractivity contribution >= 4 is 39.4 Å². The molecule has 0 amide bonds. The fraction of sp³-hybridized carbons (Fsp3) is 0.250. The average molecular weight is 347 g/mol. The number of aromatic nitrogens is 1. The molecule has 1 aromatic heterocycles. The molecule has 1 aromatic rings. The van der Waals surface area contributed by atoms with Crippen LogP contribution in [0.2, 0.25) is 0 Å². The van der Waals surface area contributed by atoms with E-state index < -0.39 is 17.4 Å². The Morgan fingerprint density at radius 1 is 1.67 bits per heavy atom. The van der Waals surface area contributed by atoms with Gasteiger partial charge in [0.1, 0.15) is 5.69 Å². The number of hydrogen-bond donors (Lipinski definition) is 0. The van der Waals surface area contributed by atoms with Crippen LogP contribution in [-0.2, 0) is 0 Å². The van der Waals surface area contributed by atoms with Crippen molar-refractivity contribution in [1.29, 1.82) is 0 Å². The zero-order valence-electron chi connectivity index (χ0n) is 7.43. The normalized spacial score (nSPS) is 10.5. The molecule has 0 bridgehead atoms. The fourth-order valence-electron chi connectivity index (χ4n) is 0.915. The van der Waals surface area contributed by atoms with E-state index in [2.05, 4.69) is 4.98 Å². The van der Waals surface area contributed by atoms with Crippen LogP contribution in [0.5, 0.6) is 5.88 Å². The molecular weight excluding hydrogens is 342 g/mol. The molecule has 1 rings (SSSR count). The topological polar surface area (TPSA) is 39.2 Å². The van der Waals surface area contributed by atoms with Crippen LogP contribution in [0, 0.1) is 3.57 Å². The number of rotatable bonds is 3. The maximum Gasteiger partial charge on any atom is 0.280 e. The molecule has 0 N–H and O–H groups in total. The van der Waals surface area contributed by atoms with E-state index in [1.165, 1.54) is 7.11 Å². The van der Waals surface area contributed by atoms with Gasteiger partial charge in [0.15, 0.2) is 0 Å². The number of halogens is 4. The van der Waals surface area contributed by atoms with E-state index in [0.717, 1.165) is 6.07 Å². The summed E-state index contributed by atoms with van der Waals surface area (Å²) in [6.45, 7) is 0. The van der Waals surface area contributed by atoms with Crippen molar-refractivity contribution in [2.75, 3.05) is 7.11 Å². The molecule has 1 heterocycles. The zero-order chi connectivity index (χ0) is 11.6. The van der Waals surface area contributed by atoms with E-state index >= 15 is 0 Å². The molecule has 15 heavy (non-hydrogen) atoms. The van der Waals surface area contributed by atoms with Crippen molar-refractivity contribution < 1.29 is 18.3 Å². The second kappa shape index (κ2) is 5.02. The highest BCUT2D eigenvalue weighted by atomic mass is 127. The van der Waals surface area contributed by atoms with Gasteiger partial charge < -0.3 is 4.74 Å². The van der Waals surface area contributed by atoms with Gasteiger partial charge in [0, 0.05) is 0 Å². The summed E-state index contributed by atoms with van der Waals surface area (Å²) in [6.07, 6.45) is -2.77. The van der Waals surface area contributed by atoms with Crippen LogP contribution < -0.4 is 4.74 Å². The molecule has 0 atom stereocenters. The molecule has 0 radical (unpaired) electrons. The quantitative estimate of drug-likeness (QED) is 0.623. The first kappa shape index (κ1) is 12.6. The van der Waals surface area contributed by atoms with Gasteiger partial charge in [0.05, 0.1) is 16.2 Å². The number of pyridine rings is 1. The monoisotopic (exact) mass is 347 g/mol. The van der Waals surface area contributed by atoms with Crippen LogP contribution in [0.25, 0.3) is 0 Å². The number of alkyl halides is 2. The number of hydrogen-bond acceptors (Lipinski definition) is 3. The van der Waals surface area contributed by atoms with E-state index in [9.17, 15) is 13.6 Å². The van der Waals surface area contributed by atoms with Gasteiger partial charge in [-0.2, -0.15) is 0 Å². The molecule has 82 valence electrons. The minimum atomic E-state index is -2.77. The lowest BCUT2D eigenvalue weighted by atomic mass is 10.2. The first-order valence-electron chi connectivity index (χ1n) is 3.69. The molecule has 0 saturated heterocycles. The summed E-state index contributed by atoms with van der Waals surface area (Å²) < 4.78 is 29.9. The van der Waals surface area contributed by atoms with E-state index in [0.29, 0.717) is 3.57 Å². The predicted molar refractivity (Wildman–Crippen MR) is 58.6 cm³/mol. The van der Waals surface area contributed by atoms with Gasteiger partial charge in [-0.05, 0) is 40.3 Å². The molecule has 0 aliphatic heterocycles. The summed E-state index contributed by atoms with van der Waals surface area (Å²) in [5.41, 5.74) is -0.560. The van der Waals surface area contributed by atoms with E-state index in [-0.39, 0.29) is 11.4 Å². The van der Waals surface area contributed by atoms with Crippen LogP contribution in [0.15, 0.2) is 6.07 Å². The van der Waals surface area contributed by atoms with Crippen molar-refractivity contribution in [2.24, 2.45) is 0 Å². The first-order valence-corrected chi connectivity index (χ1v) is 5.15. The zero-order valence-corrected chi connectivity index (χ0v) is 10.3. The molecule has 0 fully saturated rings. The first-order chi connectivity index (χ1) is 6.97. The van der Waals surface area contributed by atoms with Crippen molar-refractivity contribution in [1.82, 2.24) is 4.98 Å². The number of ether oxygens (including phenoxy) is 1. The Morgan fingerprint density at radius 3 is 2.67 bits per heavy atom. The third-order valence-electron chi connectivity index (χ3n) is 1.58. The molecule has 3 nitrogen and oxygen atoms in total. The minimum Gasteiger partial charge on any atom is -0.480 e. The van der Waals surface area contributed by atoms with Gasteiger partial charge in [-0.25, -0.2) is 13.8 Å². The van der Waals surface area contributed by atoms with Crippen LogP contribution in [0.3, 0.4) is 0 Å². The molecule has 0 saturated carbocycles. The number of carbonyl (C=O) groups is 1. The summed E-state index contributed by atoms with van der Waals surface area (Å²) in [6, 6.07) is 0.963. The van der Waals surface area contributed by atoms with E-state index in [1.807, 2.05) is 0 Å². The molecule has 0 aliphatic rings. The number of nitrogens with zero attached hydrogens (tertiary/aromatic N) is 1. The third kappa shape index (κ3) is 2.75. The molecule has 7 heteroatoms. The van der Waals surface area contributed by atoms with Crippen molar-refractivity contribution in [3.8, 4) is 5.88 Å². The lowest BCUT2D eigenvalue weighted by Gasteiger charge is -2.08. The lowest BCUT2D eigenvalue weighted by Crippen LogP contribution is -2.03. The third-order valence-corrected chi connectivity index (χ3v) is 2.82. The summed E-state index contributed by atoms with van der Waals surface area (Å²) >= 11 is 7.00. The van der Waals surface area contributed by atoms with Gasteiger partial charge >= 0.3 is 0 Å². The number of carbonyl (C=O) groups excluding carboxylic acids is 1. The molecule has 0 aliphatic carbocycles. The maximum atomic E-state index is 12.4.